The van der Waals surface area contributed by atoms with Crippen molar-refractivity contribution in [3.8, 4) is 17.2 Å². The van der Waals surface area contributed by atoms with E-state index >= 15 is 0 Å². The Bertz CT molecular complexity index is 1010. The van der Waals surface area contributed by atoms with Gasteiger partial charge in [0.05, 0.1) is 6.07 Å². The topological polar surface area (TPSA) is 91.4 Å². The minimum absolute atomic E-state index is 0.00266. The van der Waals surface area contributed by atoms with Crippen molar-refractivity contribution >= 4 is 5.91 Å². The van der Waals surface area contributed by atoms with Crippen LogP contribution in [0.2, 0.25) is 0 Å². The third-order valence-electron chi connectivity index (χ3n) is 5.59. The highest BCUT2D eigenvalue weighted by Crippen LogP contribution is 2.27. The molecular weight excluding hydrogens is 407 g/mol. The van der Waals surface area contributed by atoms with Crippen molar-refractivity contribution in [3.05, 3.63) is 71.3 Å². The van der Waals surface area contributed by atoms with Crippen molar-refractivity contribution in [1.82, 2.24) is 10.2 Å². The Morgan fingerprint density at radius 3 is 2.78 bits per heavy atom. The van der Waals surface area contributed by atoms with Gasteiger partial charge in [-0.2, -0.15) is 5.26 Å². The molecule has 0 spiro atoms. The van der Waals surface area contributed by atoms with Gasteiger partial charge in [0, 0.05) is 51.0 Å². The molecule has 168 valence electrons. The van der Waals surface area contributed by atoms with Crippen LogP contribution in [-0.4, -0.2) is 37.1 Å². The van der Waals surface area contributed by atoms with E-state index in [9.17, 15) is 9.18 Å². The fourth-order valence-corrected chi connectivity index (χ4v) is 3.93. The third-order valence-corrected chi connectivity index (χ3v) is 5.59. The number of carbonyl (C=O) groups excluding carboxylic acids is 1. The number of nitrogens with one attached hydrogen (secondary N) is 1. The Morgan fingerprint density at radius 2 is 2.06 bits per heavy atom. The number of carbonyl (C=O) groups is 1. The van der Waals surface area contributed by atoms with E-state index in [1.54, 1.807) is 24.1 Å². The van der Waals surface area contributed by atoms with Gasteiger partial charge < -0.3 is 20.7 Å². The Balaban J connectivity index is 1.90. The van der Waals surface area contributed by atoms with Crippen LogP contribution in [0, 0.1) is 17.1 Å². The number of halogens is 1. The summed E-state index contributed by atoms with van der Waals surface area (Å²) in [6.07, 6.45) is 3.98. The summed E-state index contributed by atoms with van der Waals surface area (Å²) in [7, 11) is 1.69. The van der Waals surface area contributed by atoms with Gasteiger partial charge in [0.1, 0.15) is 11.5 Å². The predicted molar refractivity (Wildman–Crippen MR) is 121 cm³/mol. The van der Waals surface area contributed by atoms with Gasteiger partial charge >= 0.3 is 0 Å². The lowest BCUT2D eigenvalue weighted by molar-refractivity contribution is -0.132. The highest BCUT2D eigenvalue weighted by atomic mass is 19.1. The molecule has 2 aromatic carbocycles. The van der Waals surface area contributed by atoms with Crippen molar-refractivity contribution in [2.45, 2.75) is 38.3 Å². The zero-order valence-corrected chi connectivity index (χ0v) is 18.3. The highest BCUT2D eigenvalue weighted by Gasteiger charge is 2.27. The Hall–Kier alpha value is -3.37. The molecule has 32 heavy (non-hydrogen) atoms. The van der Waals surface area contributed by atoms with Crippen LogP contribution < -0.4 is 11.1 Å². The summed E-state index contributed by atoms with van der Waals surface area (Å²) >= 11 is 0. The van der Waals surface area contributed by atoms with Crippen molar-refractivity contribution < 1.29 is 13.9 Å². The summed E-state index contributed by atoms with van der Waals surface area (Å²) in [6.45, 7) is 1.51. The molecule has 2 aromatic rings. The molecule has 0 unspecified atom stereocenters. The number of amides is 1. The molecule has 7 heteroatoms. The second-order valence-corrected chi connectivity index (χ2v) is 7.84. The molecule has 1 saturated heterocycles. The Morgan fingerprint density at radius 1 is 1.28 bits per heavy atom. The fourth-order valence-electron chi connectivity index (χ4n) is 3.93. The smallest absolute Gasteiger partial charge is 0.271 e. The van der Waals surface area contributed by atoms with Crippen molar-refractivity contribution in [2.24, 2.45) is 5.73 Å². The molecule has 6 nitrogen and oxygen atoms in total. The maximum Gasteiger partial charge on any atom is 0.271 e. The normalized spacial score (nSPS) is 14.6. The van der Waals surface area contributed by atoms with Gasteiger partial charge in [0.15, 0.2) is 0 Å². The molecule has 0 aromatic heterocycles. The minimum atomic E-state index is -0.329. The first-order valence-electron chi connectivity index (χ1n) is 10.8. The van der Waals surface area contributed by atoms with Crippen LogP contribution in [0.5, 0.6) is 0 Å². The average Bonchev–Trinajstić information content (AvgIpc) is 2.82. The maximum absolute atomic E-state index is 14.7. The average molecular weight is 437 g/mol. The zero-order valence-electron chi connectivity index (χ0n) is 18.3. The number of aryl methyl sites for hydroxylation is 1. The van der Waals surface area contributed by atoms with Gasteiger partial charge in [-0.3, -0.25) is 4.79 Å². The molecular formula is C25H29FN4O2. The van der Waals surface area contributed by atoms with Gasteiger partial charge in [-0.25, -0.2) is 4.39 Å². The number of nitrogens with two attached hydrogens (primary N) is 1. The minimum Gasteiger partial charge on any atom is -0.393 e. The molecule has 3 N–H and O–H groups in total. The van der Waals surface area contributed by atoms with E-state index in [1.807, 2.05) is 24.3 Å². The first-order valence-corrected chi connectivity index (χ1v) is 10.8. The maximum atomic E-state index is 14.7. The molecule has 0 aliphatic carbocycles. The number of benzene rings is 2. The van der Waals surface area contributed by atoms with Crippen LogP contribution >= 0.6 is 0 Å². The second-order valence-electron chi connectivity index (χ2n) is 7.84. The van der Waals surface area contributed by atoms with Crippen molar-refractivity contribution in [2.75, 3.05) is 20.3 Å². The molecule has 0 atom stereocenters. The molecule has 0 bridgehead atoms. The quantitative estimate of drug-likeness (QED) is 0.618. The number of hydrogen-bond donors (Lipinski definition) is 2. The Kier molecular flexibility index (Phi) is 8.23. The highest BCUT2D eigenvalue weighted by molar-refractivity contribution is 5.92. The van der Waals surface area contributed by atoms with Crippen LogP contribution in [0.4, 0.5) is 4.39 Å². The number of ether oxygens (including phenoxy) is 1. The van der Waals surface area contributed by atoms with Crippen molar-refractivity contribution in [3.63, 3.8) is 0 Å². The van der Waals surface area contributed by atoms with Gasteiger partial charge in [0.25, 0.3) is 5.91 Å². The van der Waals surface area contributed by atoms with E-state index in [0.717, 1.165) is 29.5 Å². The first-order chi connectivity index (χ1) is 15.5. The summed E-state index contributed by atoms with van der Waals surface area (Å²) in [6, 6.07) is 14.6. The predicted octanol–water partition coefficient (Wildman–Crippen LogP) is 3.48. The molecule has 1 aliphatic rings. The van der Waals surface area contributed by atoms with Crippen molar-refractivity contribution in [1.29, 1.82) is 5.26 Å². The molecule has 1 aliphatic heterocycles. The molecule has 1 fully saturated rings. The summed E-state index contributed by atoms with van der Waals surface area (Å²) in [5.74, 6) is -0.583. The Labute approximate surface area is 188 Å². The van der Waals surface area contributed by atoms with Crippen LogP contribution in [0.25, 0.3) is 11.1 Å². The summed E-state index contributed by atoms with van der Waals surface area (Å²) in [4.78, 5) is 14.8. The summed E-state index contributed by atoms with van der Waals surface area (Å²) < 4.78 is 20.2. The summed E-state index contributed by atoms with van der Waals surface area (Å²) in [5, 5.41) is 11.6. The number of nitrogens with zero attached hydrogens (tertiary/aromatic N) is 2. The number of nitriles is 1. The van der Waals surface area contributed by atoms with E-state index in [0.29, 0.717) is 38.2 Å². The molecule has 0 saturated carbocycles. The molecule has 1 heterocycles. The van der Waals surface area contributed by atoms with Gasteiger partial charge in [-0.15, -0.1) is 0 Å². The molecule has 0 radical (unpaired) electrons. The van der Waals surface area contributed by atoms with Crippen LogP contribution in [0.1, 0.15) is 30.4 Å². The van der Waals surface area contributed by atoms with Crippen LogP contribution in [0.3, 0.4) is 0 Å². The van der Waals surface area contributed by atoms with Gasteiger partial charge in [-0.05, 0) is 48.1 Å². The van der Waals surface area contributed by atoms with Crippen LogP contribution in [0.15, 0.2) is 54.4 Å². The van der Waals surface area contributed by atoms with Crippen LogP contribution in [-0.2, 0) is 22.5 Å². The molecule has 1 amide bonds. The molecule has 3 rings (SSSR count). The van der Waals surface area contributed by atoms with E-state index in [-0.39, 0.29) is 23.5 Å². The lowest BCUT2D eigenvalue weighted by atomic mass is 9.98. The fraction of sp³-hybridized carbons (Fsp3) is 0.360. The SMILES string of the molecule is CN/C=C(\N)C(=O)N(Cc1ccc(F)c(-c2cccc(CCC#N)c2)c1)C1CCOCC1. The van der Waals surface area contributed by atoms with Gasteiger partial charge in [0.2, 0.25) is 0 Å². The van der Waals surface area contributed by atoms with Gasteiger partial charge in [-0.1, -0.05) is 30.3 Å². The monoisotopic (exact) mass is 436 g/mol. The first kappa shape index (κ1) is 23.3. The van der Waals surface area contributed by atoms with E-state index in [2.05, 4.69) is 11.4 Å². The third kappa shape index (κ3) is 5.86. The standard InChI is InChI=1S/C25H29FN4O2/c1-29-16-24(28)25(31)30(21-9-12-32-13-10-21)17-19-7-8-23(26)22(15-19)20-6-2-4-18(14-20)5-3-11-27/h2,4,6-8,14-16,21,29H,3,5,9-10,12-13,17,28H2,1H3/b24-16-. The number of rotatable bonds is 8. The summed E-state index contributed by atoms with van der Waals surface area (Å²) in [5.41, 5.74) is 9.14. The lowest BCUT2D eigenvalue weighted by Gasteiger charge is -2.34. The van der Waals surface area contributed by atoms with E-state index < -0.39 is 0 Å². The number of hydrogen-bond acceptors (Lipinski definition) is 5. The lowest BCUT2D eigenvalue weighted by Crippen LogP contribution is -2.45. The van der Waals surface area contributed by atoms with E-state index in [1.165, 1.54) is 12.3 Å². The second kappa shape index (κ2) is 11.3. The van der Waals surface area contributed by atoms with E-state index in [4.69, 9.17) is 15.7 Å². The zero-order chi connectivity index (χ0) is 22.9. The largest absolute Gasteiger partial charge is 0.393 e.